The number of hydrogen-bond donors (Lipinski definition) is 1. The Morgan fingerprint density at radius 3 is 2.58 bits per heavy atom. The van der Waals surface area contributed by atoms with Gasteiger partial charge in [0.05, 0.1) is 12.0 Å². The van der Waals surface area contributed by atoms with Gasteiger partial charge in [0.1, 0.15) is 12.3 Å². The Kier molecular flexibility index (Phi) is 3.58. The van der Waals surface area contributed by atoms with Crippen LogP contribution < -0.4 is 5.73 Å². The highest BCUT2D eigenvalue weighted by Gasteiger charge is 2.50. The summed E-state index contributed by atoms with van der Waals surface area (Å²) in [6.45, 7) is 1.51. The van der Waals surface area contributed by atoms with Gasteiger partial charge in [0, 0.05) is 19.0 Å². The fourth-order valence-corrected chi connectivity index (χ4v) is 2.46. The van der Waals surface area contributed by atoms with Gasteiger partial charge in [-0.15, -0.1) is 0 Å². The summed E-state index contributed by atoms with van der Waals surface area (Å²) in [4.78, 5) is 16.2. The van der Waals surface area contributed by atoms with Crippen molar-refractivity contribution in [3.05, 3.63) is 18.2 Å². The molecule has 0 amide bonds. The molecule has 1 aromatic rings. The van der Waals surface area contributed by atoms with Crippen molar-refractivity contribution in [3.63, 3.8) is 0 Å². The van der Waals surface area contributed by atoms with Crippen molar-refractivity contribution < 1.29 is 18.3 Å². The lowest BCUT2D eigenvalue weighted by Crippen LogP contribution is -2.48. The number of halogens is 2. The van der Waals surface area contributed by atoms with Gasteiger partial charge in [-0.1, -0.05) is 0 Å². The number of nitrogens with zero attached hydrogens (tertiary/aromatic N) is 2. The molecule has 1 fully saturated rings. The van der Waals surface area contributed by atoms with Crippen molar-refractivity contribution in [2.75, 3.05) is 6.73 Å². The molecule has 0 unspecified atom stereocenters. The van der Waals surface area contributed by atoms with E-state index in [9.17, 15) is 13.6 Å². The Morgan fingerprint density at radius 1 is 1.47 bits per heavy atom. The number of esters is 1. The lowest BCUT2D eigenvalue weighted by atomic mass is 9.79. The van der Waals surface area contributed by atoms with Crippen LogP contribution in [-0.2, 0) is 15.1 Å². The van der Waals surface area contributed by atoms with E-state index in [0.717, 1.165) is 5.69 Å². The van der Waals surface area contributed by atoms with Crippen LogP contribution in [0.2, 0.25) is 0 Å². The molecule has 0 spiro atoms. The zero-order valence-electron chi connectivity index (χ0n) is 10.7. The van der Waals surface area contributed by atoms with Crippen molar-refractivity contribution in [1.29, 1.82) is 0 Å². The van der Waals surface area contributed by atoms with Gasteiger partial charge < -0.3 is 9.30 Å². The fraction of sp³-hybridized carbons (Fsp3) is 0.667. The maximum Gasteiger partial charge on any atom is 0.333 e. The van der Waals surface area contributed by atoms with E-state index in [0.29, 0.717) is 0 Å². The third-order valence-corrected chi connectivity index (χ3v) is 3.61. The van der Waals surface area contributed by atoms with Gasteiger partial charge in [-0.05, 0) is 19.8 Å². The summed E-state index contributed by atoms with van der Waals surface area (Å²) in [5.74, 6) is -3.29. The molecule has 1 saturated carbocycles. The van der Waals surface area contributed by atoms with E-state index in [2.05, 4.69) is 4.98 Å². The maximum atomic E-state index is 13.3. The monoisotopic (exact) mass is 273 g/mol. The molecule has 5 nitrogen and oxygen atoms in total. The van der Waals surface area contributed by atoms with Crippen LogP contribution in [0.3, 0.4) is 0 Å². The van der Waals surface area contributed by atoms with Gasteiger partial charge >= 0.3 is 5.97 Å². The van der Waals surface area contributed by atoms with E-state index < -0.39 is 17.4 Å². The van der Waals surface area contributed by atoms with Crippen LogP contribution in [0.1, 0.15) is 31.4 Å². The Labute approximate surface area is 109 Å². The third kappa shape index (κ3) is 2.60. The quantitative estimate of drug-likeness (QED) is 0.670. The average molecular weight is 273 g/mol. The number of aromatic nitrogens is 2. The molecule has 7 heteroatoms. The Bertz CT molecular complexity index is 463. The van der Waals surface area contributed by atoms with Gasteiger partial charge in [0.15, 0.2) is 0 Å². The number of alkyl halides is 2. The van der Waals surface area contributed by atoms with Gasteiger partial charge in [-0.2, -0.15) is 0 Å². The van der Waals surface area contributed by atoms with Crippen LogP contribution in [0.4, 0.5) is 8.78 Å². The number of hydrogen-bond acceptors (Lipinski definition) is 4. The summed E-state index contributed by atoms with van der Waals surface area (Å²) in [5.41, 5.74) is 4.83. The Balaban J connectivity index is 2.32. The number of aryl methyl sites for hydroxylation is 1. The summed E-state index contributed by atoms with van der Waals surface area (Å²) in [6.07, 6.45) is 2.51. The van der Waals surface area contributed by atoms with E-state index in [1.807, 2.05) is 0 Å². The fourth-order valence-electron chi connectivity index (χ4n) is 2.46. The predicted molar refractivity (Wildman–Crippen MR) is 63.5 cm³/mol. The molecule has 2 N–H and O–H groups in total. The van der Waals surface area contributed by atoms with Gasteiger partial charge in [-0.3, -0.25) is 5.73 Å². The second-order valence-electron chi connectivity index (χ2n) is 4.91. The molecule has 0 radical (unpaired) electrons. The number of imidazole rings is 1. The smallest absolute Gasteiger partial charge is 0.333 e. The SMILES string of the molecule is Cc1cn(C2(C(=O)OCN)CCC(F)(F)CC2)cn1. The Hall–Kier alpha value is -1.50. The molecule has 0 saturated heterocycles. The first-order valence-electron chi connectivity index (χ1n) is 6.16. The number of carbonyl (C=O) groups excluding carboxylic acids is 1. The summed E-state index contributed by atoms with van der Waals surface area (Å²) >= 11 is 0. The minimum atomic E-state index is -2.72. The van der Waals surface area contributed by atoms with Crippen molar-refractivity contribution >= 4 is 5.97 Å². The van der Waals surface area contributed by atoms with Crippen LogP contribution in [0.15, 0.2) is 12.5 Å². The number of rotatable bonds is 3. The zero-order chi connectivity index (χ0) is 14.1. The largest absolute Gasteiger partial charge is 0.448 e. The number of nitrogens with two attached hydrogens (primary N) is 1. The first-order valence-corrected chi connectivity index (χ1v) is 6.16. The van der Waals surface area contributed by atoms with Gasteiger partial charge in [0.2, 0.25) is 5.92 Å². The van der Waals surface area contributed by atoms with Crippen LogP contribution in [0.25, 0.3) is 0 Å². The molecule has 0 aliphatic heterocycles. The summed E-state index contributed by atoms with van der Waals surface area (Å²) in [7, 11) is 0. The summed E-state index contributed by atoms with van der Waals surface area (Å²) in [5, 5.41) is 0. The topological polar surface area (TPSA) is 70.1 Å². The number of ether oxygens (including phenoxy) is 1. The Morgan fingerprint density at radius 2 is 2.11 bits per heavy atom. The molecule has 1 aliphatic carbocycles. The number of carbonyl (C=O) groups is 1. The van der Waals surface area contributed by atoms with Crippen LogP contribution in [0.5, 0.6) is 0 Å². The average Bonchev–Trinajstić information content (AvgIpc) is 2.77. The maximum absolute atomic E-state index is 13.3. The van der Waals surface area contributed by atoms with E-state index in [-0.39, 0.29) is 32.4 Å². The molecule has 0 bridgehead atoms. The summed E-state index contributed by atoms with van der Waals surface area (Å²) in [6, 6.07) is 0. The van der Waals surface area contributed by atoms with Crippen LogP contribution in [0, 0.1) is 6.92 Å². The first-order chi connectivity index (χ1) is 8.89. The minimum absolute atomic E-state index is 0.0225. The highest BCUT2D eigenvalue weighted by molar-refractivity contribution is 5.79. The highest BCUT2D eigenvalue weighted by atomic mass is 19.3. The molecule has 0 atom stereocenters. The lowest BCUT2D eigenvalue weighted by Gasteiger charge is -2.38. The standard InChI is InChI=1S/C12H17F2N3O2/c1-9-6-17(8-16-9)11(10(18)19-7-15)2-4-12(13,14)5-3-11/h6,8H,2-5,7,15H2,1H3. The van der Waals surface area contributed by atoms with E-state index >= 15 is 0 Å². The normalized spacial score (nSPS) is 21.1. The molecule has 1 aliphatic rings. The molecule has 1 heterocycles. The first kappa shape index (κ1) is 13.9. The highest BCUT2D eigenvalue weighted by Crippen LogP contribution is 2.43. The van der Waals surface area contributed by atoms with Crippen LogP contribution in [-0.4, -0.2) is 28.2 Å². The van der Waals surface area contributed by atoms with Crippen molar-refractivity contribution in [2.24, 2.45) is 5.73 Å². The van der Waals surface area contributed by atoms with Gasteiger partial charge in [0.25, 0.3) is 0 Å². The molecular weight excluding hydrogens is 256 g/mol. The molecule has 2 rings (SSSR count). The zero-order valence-corrected chi connectivity index (χ0v) is 10.7. The van der Waals surface area contributed by atoms with Crippen molar-refractivity contribution in [2.45, 2.75) is 44.1 Å². The molecular formula is C12H17F2N3O2. The second-order valence-corrected chi connectivity index (χ2v) is 4.91. The van der Waals surface area contributed by atoms with Gasteiger partial charge in [-0.25, -0.2) is 18.6 Å². The lowest BCUT2D eigenvalue weighted by molar-refractivity contribution is -0.161. The van der Waals surface area contributed by atoms with E-state index in [1.165, 1.54) is 6.33 Å². The third-order valence-electron chi connectivity index (χ3n) is 3.61. The predicted octanol–water partition coefficient (Wildman–Crippen LogP) is 1.56. The molecule has 19 heavy (non-hydrogen) atoms. The molecule has 1 aromatic heterocycles. The molecule has 106 valence electrons. The van der Waals surface area contributed by atoms with E-state index in [1.54, 1.807) is 17.7 Å². The van der Waals surface area contributed by atoms with E-state index in [4.69, 9.17) is 10.5 Å². The summed E-state index contributed by atoms with van der Waals surface area (Å²) < 4.78 is 33.1. The minimum Gasteiger partial charge on any atom is -0.448 e. The molecule has 0 aromatic carbocycles. The van der Waals surface area contributed by atoms with Crippen LogP contribution >= 0.6 is 0 Å². The second kappa shape index (κ2) is 4.88. The van der Waals surface area contributed by atoms with Crippen molar-refractivity contribution in [3.8, 4) is 0 Å². The van der Waals surface area contributed by atoms with Crippen molar-refractivity contribution in [1.82, 2.24) is 9.55 Å².